The summed E-state index contributed by atoms with van der Waals surface area (Å²) in [6, 6.07) is 14.7. The van der Waals surface area contributed by atoms with Crippen LogP contribution in [0.25, 0.3) is 28.1 Å². The van der Waals surface area contributed by atoms with Gasteiger partial charge in [-0.1, -0.05) is 6.07 Å². The molecule has 0 atom stereocenters. The molecule has 4 heteroatoms. The molecule has 0 bridgehead atoms. The number of hydrogen-bond acceptors (Lipinski definition) is 2. The molecule has 24 heavy (non-hydrogen) atoms. The molecule has 0 saturated heterocycles. The Kier molecular flexibility index (Phi) is 2.65. The Morgan fingerprint density at radius 2 is 2.00 bits per heavy atom. The number of aromatic nitrogens is 4. The zero-order valence-corrected chi connectivity index (χ0v) is 13.7. The highest BCUT2D eigenvalue weighted by molar-refractivity contribution is 5.80. The Morgan fingerprint density at radius 1 is 1.08 bits per heavy atom. The fourth-order valence-corrected chi connectivity index (χ4v) is 3.77. The van der Waals surface area contributed by atoms with Gasteiger partial charge in [0.2, 0.25) is 5.69 Å². The summed E-state index contributed by atoms with van der Waals surface area (Å²) in [5.74, 6) is 1.07. The van der Waals surface area contributed by atoms with Gasteiger partial charge in [-0.3, -0.25) is 4.57 Å². The first-order valence-electron chi connectivity index (χ1n) is 8.14. The Bertz CT molecular complexity index is 1110. The molecule has 1 aliphatic heterocycles. The van der Waals surface area contributed by atoms with E-state index in [-0.39, 0.29) is 0 Å². The molecular formula is C20H17N4+. The molecule has 4 heterocycles. The molecule has 0 spiro atoms. The number of pyridine rings is 2. The highest BCUT2D eigenvalue weighted by Gasteiger charge is 2.28. The van der Waals surface area contributed by atoms with Crippen LogP contribution in [0.15, 0.2) is 54.9 Å². The highest BCUT2D eigenvalue weighted by atomic mass is 15.1. The molecule has 0 aliphatic carbocycles. The van der Waals surface area contributed by atoms with Gasteiger partial charge < -0.3 is 0 Å². The summed E-state index contributed by atoms with van der Waals surface area (Å²) in [6.07, 6.45) is 4.78. The molecule has 0 fully saturated rings. The Morgan fingerprint density at radius 3 is 2.88 bits per heavy atom. The minimum absolute atomic E-state index is 0.845. The van der Waals surface area contributed by atoms with Crippen LogP contribution in [0.3, 0.4) is 0 Å². The van der Waals surface area contributed by atoms with Crippen LogP contribution in [-0.4, -0.2) is 14.5 Å². The van der Waals surface area contributed by atoms with Crippen LogP contribution in [0, 0.1) is 6.92 Å². The van der Waals surface area contributed by atoms with Crippen LogP contribution < -0.4 is 4.57 Å². The average molecular weight is 313 g/mol. The molecule has 5 rings (SSSR count). The minimum atomic E-state index is 0.845. The molecule has 1 aliphatic rings. The van der Waals surface area contributed by atoms with E-state index in [2.05, 4.69) is 64.6 Å². The molecule has 3 aromatic heterocycles. The van der Waals surface area contributed by atoms with E-state index < -0.39 is 0 Å². The summed E-state index contributed by atoms with van der Waals surface area (Å²) in [4.78, 5) is 9.34. The monoisotopic (exact) mass is 313 g/mol. The van der Waals surface area contributed by atoms with Crippen molar-refractivity contribution in [1.29, 1.82) is 0 Å². The van der Waals surface area contributed by atoms with E-state index >= 15 is 0 Å². The second kappa shape index (κ2) is 4.74. The number of rotatable bonds is 1. The van der Waals surface area contributed by atoms with Crippen molar-refractivity contribution in [3.8, 4) is 16.9 Å². The lowest BCUT2D eigenvalue weighted by Crippen LogP contribution is -2.30. The average Bonchev–Trinajstić information content (AvgIpc) is 3.11. The Hall–Kier alpha value is -3.01. The fourth-order valence-electron chi connectivity index (χ4n) is 3.77. The topological polar surface area (TPSA) is 34.6 Å². The maximum absolute atomic E-state index is 4.79. The van der Waals surface area contributed by atoms with Crippen molar-refractivity contribution in [1.82, 2.24) is 14.5 Å². The Balaban J connectivity index is 1.83. The molecule has 0 N–H and O–H groups in total. The fraction of sp³-hybridized carbons (Fsp3) is 0.150. The van der Waals surface area contributed by atoms with Gasteiger partial charge in [-0.25, -0.2) is 14.5 Å². The summed E-state index contributed by atoms with van der Waals surface area (Å²) < 4.78 is 4.39. The number of fused-ring (bicyclic) bond motifs is 5. The Labute approximate surface area is 140 Å². The van der Waals surface area contributed by atoms with Gasteiger partial charge in [0.05, 0.1) is 11.3 Å². The van der Waals surface area contributed by atoms with Crippen LogP contribution in [0.5, 0.6) is 0 Å². The predicted molar refractivity (Wildman–Crippen MR) is 93.0 cm³/mol. The summed E-state index contributed by atoms with van der Waals surface area (Å²) >= 11 is 0. The van der Waals surface area contributed by atoms with Gasteiger partial charge in [0.25, 0.3) is 0 Å². The molecule has 116 valence electrons. The van der Waals surface area contributed by atoms with E-state index in [1.807, 2.05) is 18.3 Å². The molecule has 0 saturated carbocycles. The quantitative estimate of drug-likeness (QED) is 0.446. The zero-order valence-electron chi connectivity index (χ0n) is 13.7. The number of nitrogens with zero attached hydrogens (tertiary/aromatic N) is 4. The number of benzene rings is 1. The summed E-state index contributed by atoms with van der Waals surface area (Å²) in [7, 11) is 2.10. The van der Waals surface area contributed by atoms with Gasteiger partial charge in [-0.05, 0) is 42.3 Å². The maximum Gasteiger partial charge on any atom is 0.212 e. The number of imidazole rings is 1. The first kappa shape index (κ1) is 13.4. The summed E-state index contributed by atoms with van der Waals surface area (Å²) in [5, 5.41) is 0. The molecule has 4 aromatic rings. The van der Waals surface area contributed by atoms with E-state index in [1.165, 1.54) is 28.1 Å². The summed E-state index contributed by atoms with van der Waals surface area (Å²) in [6.45, 7) is 2.18. The van der Waals surface area contributed by atoms with E-state index in [1.54, 1.807) is 0 Å². The van der Waals surface area contributed by atoms with Gasteiger partial charge >= 0.3 is 0 Å². The van der Waals surface area contributed by atoms with Crippen molar-refractivity contribution >= 4 is 11.2 Å². The van der Waals surface area contributed by atoms with Crippen molar-refractivity contribution in [2.24, 2.45) is 7.05 Å². The maximum atomic E-state index is 4.79. The molecule has 4 nitrogen and oxygen atoms in total. The van der Waals surface area contributed by atoms with Crippen molar-refractivity contribution in [2.75, 3.05) is 0 Å². The van der Waals surface area contributed by atoms with Gasteiger partial charge in [0.15, 0.2) is 11.8 Å². The number of aryl methyl sites for hydroxylation is 2. The van der Waals surface area contributed by atoms with E-state index in [0.717, 1.165) is 23.4 Å². The van der Waals surface area contributed by atoms with Gasteiger partial charge in [0, 0.05) is 24.8 Å². The molecular weight excluding hydrogens is 296 g/mol. The lowest BCUT2D eigenvalue weighted by atomic mass is 9.96. The van der Waals surface area contributed by atoms with E-state index in [0.29, 0.717) is 0 Å². The van der Waals surface area contributed by atoms with Crippen LogP contribution in [-0.2, 0) is 13.5 Å². The molecule has 0 unspecified atom stereocenters. The largest absolute Gasteiger partial charge is 0.280 e. The third-order valence-corrected chi connectivity index (χ3v) is 4.87. The number of hydrogen-bond donors (Lipinski definition) is 0. The van der Waals surface area contributed by atoms with Crippen molar-refractivity contribution in [3.05, 3.63) is 71.8 Å². The van der Waals surface area contributed by atoms with Crippen LogP contribution in [0.1, 0.15) is 17.0 Å². The van der Waals surface area contributed by atoms with Gasteiger partial charge in [0.1, 0.15) is 18.4 Å². The molecule has 0 amide bonds. The second-order valence-electron chi connectivity index (χ2n) is 6.34. The molecule has 0 radical (unpaired) electrons. The van der Waals surface area contributed by atoms with Crippen LogP contribution in [0.4, 0.5) is 0 Å². The zero-order chi connectivity index (χ0) is 16.3. The SMILES string of the molecule is Cc1ccc2c(c1-c1cccc[n+]1C)Cc1nc3cccnc3n1-2. The third kappa shape index (κ3) is 1.71. The lowest BCUT2D eigenvalue weighted by molar-refractivity contribution is -0.660. The van der Waals surface area contributed by atoms with Crippen molar-refractivity contribution < 1.29 is 4.57 Å². The molecule has 1 aromatic carbocycles. The predicted octanol–water partition coefficient (Wildman–Crippen LogP) is 3.12. The van der Waals surface area contributed by atoms with E-state index in [9.17, 15) is 0 Å². The highest BCUT2D eigenvalue weighted by Crippen LogP contribution is 2.38. The lowest BCUT2D eigenvalue weighted by Gasteiger charge is -2.11. The first-order chi connectivity index (χ1) is 11.7. The minimum Gasteiger partial charge on any atom is -0.280 e. The smallest absolute Gasteiger partial charge is 0.212 e. The first-order valence-corrected chi connectivity index (χ1v) is 8.14. The third-order valence-electron chi connectivity index (χ3n) is 4.87. The van der Waals surface area contributed by atoms with Crippen molar-refractivity contribution in [2.45, 2.75) is 13.3 Å². The van der Waals surface area contributed by atoms with Gasteiger partial charge in [-0.2, -0.15) is 0 Å². The van der Waals surface area contributed by atoms with Crippen LogP contribution >= 0.6 is 0 Å². The van der Waals surface area contributed by atoms with Crippen molar-refractivity contribution in [3.63, 3.8) is 0 Å². The van der Waals surface area contributed by atoms with E-state index in [4.69, 9.17) is 4.98 Å². The van der Waals surface area contributed by atoms with Gasteiger partial charge in [-0.15, -0.1) is 0 Å². The normalized spacial score (nSPS) is 12.4. The summed E-state index contributed by atoms with van der Waals surface area (Å²) in [5.41, 5.74) is 8.28. The second-order valence-corrected chi connectivity index (χ2v) is 6.34. The standard InChI is InChI=1S/C20H17N4/c1-13-8-9-16-14(19(13)17-7-3-4-11-23(17)2)12-18-22-15-6-5-10-21-20(15)24(16)18/h3-11H,12H2,1-2H3/q+1. The van der Waals surface area contributed by atoms with Crippen LogP contribution in [0.2, 0.25) is 0 Å².